The van der Waals surface area contributed by atoms with E-state index in [-0.39, 0.29) is 0 Å². The normalized spacial score (nSPS) is 16.2. The Balaban J connectivity index is 1.53. The number of nitrogens with zero attached hydrogens (tertiary/aromatic N) is 2. The predicted molar refractivity (Wildman–Crippen MR) is 105 cm³/mol. The van der Waals surface area contributed by atoms with Gasteiger partial charge in [0.25, 0.3) is 0 Å². The summed E-state index contributed by atoms with van der Waals surface area (Å²) in [6.45, 7) is 0.590. The molecule has 6 nitrogen and oxygen atoms in total. The maximum Gasteiger partial charge on any atom is 0.137 e. The topological polar surface area (TPSA) is 90.8 Å². The maximum absolute atomic E-state index is 11.9. The minimum atomic E-state index is -2.70. The molecule has 26 heavy (non-hydrogen) atoms. The van der Waals surface area contributed by atoms with E-state index in [1.807, 2.05) is 36.4 Å². The van der Waals surface area contributed by atoms with Gasteiger partial charge in [0.15, 0.2) is 0 Å². The zero-order valence-electron chi connectivity index (χ0n) is 14.5. The fraction of sp³-hybridized carbons (Fsp3) is 0.263. The summed E-state index contributed by atoms with van der Waals surface area (Å²) >= 11 is 0. The summed E-state index contributed by atoms with van der Waals surface area (Å²) in [5.74, 6) is 0.893. The van der Waals surface area contributed by atoms with Crippen molar-refractivity contribution in [2.75, 3.05) is 16.9 Å². The van der Waals surface area contributed by atoms with Crippen molar-refractivity contribution in [2.45, 2.75) is 30.3 Å². The molecule has 1 aliphatic rings. The Kier molecular flexibility index (Phi) is 4.24. The van der Waals surface area contributed by atoms with Crippen molar-refractivity contribution in [3.8, 4) is 0 Å². The molecule has 3 aromatic rings. The number of hydrogen-bond acceptors (Lipinski definition) is 6. The molecule has 1 unspecified atom stereocenters. The quantitative estimate of drug-likeness (QED) is 0.615. The number of rotatable bonds is 6. The molecule has 0 aliphatic heterocycles. The summed E-state index contributed by atoms with van der Waals surface area (Å²) in [5.41, 5.74) is 2.84. The van der Waals surface area contributed by atoms with E-state index in [1.54, 1.807) is 12.4 Å². The highest BCUT2D eigenvalue weighted by atomic mass is 32.2. The van der Waals surface area contributed by atoms with Crippen molar-refractivity contribution >= 4 is 32.1 Å². The lowest BCUT2D eigenvalue weighted by atomic mass is 10.2. The van der Waals surface area contributed by atoms with E-state index >= 15 is 0 Å². The molecule has 2 aromatic carbocycles. The lowest BCUT2D eigenvalue weighted by molar-refractivity contribution is 0.679. The van der Waals surface area contributed by atoms with E-state index in [0.29, 0.717) is 17.5 Å². The van der Waals surface area contributed by atoms with Crippen molar-refractivity contribution in [3.63, 3.8) is 0 Å². The average Bonchev–Trinajstić information content (AvgIpc) is 3.44. The first-order chi connectivity index (χ1) is 12.5. The molecular formula is C19H21N5OS. The highest BCUT2D eigenvalue weighted by molar-refractivity contribution is 7.91. The van der Waals surface area contributed by atoms with Gasteiger partial charge in [-0.25, -0.2) is 19.0 Å². The lowest BCUT2D eigenvalue weighted by Gasteiger charge is -2.11. The highest BCUT2D eigenvalue weighted by Gasteiger charge is 2.22. The molecule has 4 rings (SSSR count). The second-order valence-corrected chi connectivity index (χ2v) is 8.88. The van der Waals surface area contributed by atoms with Gasteiger partial charge in [0, 0.05) is 34.8 Å². The van der Waals surface area contributed by atoms with Gasteiger partial charge >= 0.3 is 0 Å². The van der Waals surface area contributed by atoms with Crippen LogP contribution in [0.25, 0.3) is 10.9 Å². The van der Waals surface area contributed by atoms with E-state index in [2.05, 4.69) is 20.6 Å². The van der Waals surface area contributed by atoms with Crippen molar-refractivity contribution in [3.05, 3.63) is 54.4 Å². The Morgan fingerprint density at radius 2 is 2.04 bits per heavy atom. The van der Waals surface area contributed by atoms with Crippen LogP contribution in [-0.4, -0.2) is 26.5 Å². The predicted octanol–water partition coefficient (Wildman–Crippen LogP) is 3.85. The number of fused-ring (bicyclic) bond motifs is 1. The Morgan fingerprint density at radius 3 is 2.81 bits per heavy atom. The molecule has 0 radical (unpaired) electrons. The second-order valence-electron chi connectivity index (χ2n) is 6.72. The summed E-state index contributed by atoms with van der Waals surface area (Å²) in [6.07, 6.45) is 5.43. The summed E-state index contributed by atoms with van der Waals surface area (Å²) < 4.78 is 19.6. The number of anilines is 2. The third-order valence-corrected chi connectivity index (χ3v) is 5.55. The highest BCUT2D eigenvalue weighted by Crippen LogP contribution is 2.28. The molecule has 0 bridgehead atoms. The van der Waals surface area contributed by atoms with Gasteiger partial charge in [0.05, 0.1) is 15.2 Å². The van der Waals surface area contributed by atoms with Crippen LogP contribution in [0.15, 0.2) is 53.7 Å². The molecule has 134 valence electrons. The molecule has 1 aromatic heterocycles. The van der Waals surface area contributed by atoms with Crippen LogP contribution in [0.2, 0.25) is 0 Å². The molecule has 1 atom stereocenters. The van der Waals surface area contributed by atoms with E-state index in [4.69, 9.17) is 4.78 Å². The average molecular weight is 367 g/mol. The number of benzene rings is 2. The van der Waals surface area contributed by atoms with Crippen molar-refractivity contribution in [1.29, 1.82) is 4.78 Å². The SMILES string of the molecule is CS(=N)(=O)c1cccc(CNc2ccc3c(NC4CC4)ncnc3c2)c1. The van der Waals surface area contributed by atoms with Crippen molar-refractivity contribution < 1.29 is 4.21 Å². The van der Waals surface area contributed by atoms with Crippen molar-refractivity contribution in [2.24, 2.45) is 0 Å². The zero-order valence-corrected chi connectivity index (χ0v) is 15.3. The molecule has 0 spiro atoms. The third kappa shape index (κ3) is 3.77. The lowest BCUT2D eigenvalue weighted by Crippen LogP contribution is -2.05. The van der Waals surface area contributed by atoms with Gasteiger partial charge in [-0.15, -0.1) is 0 Å². The van der Waals surface area contributed by atoms with E-state index in [1.165, 1.54) is 19.1 Å². The molecule has 3 N–H and O–H groups in total. The van der Waals surface area contributed by atoms with Crippen LogP contribution in [0.3, 0.4) is 0 Å². The first-order valence-corrected chi connectivity index (χ1v) is 10.5. The molecule has 1 saturated carbocycles. The second kappa shape index (κ2) is 6.57. The van der Waals surface area contributed by atoms with E-state index in [9.17, 15) is 4.21 Å². The van der Waals surface area contributed by atoms with E-state index in [0.717, 1.165) is 28.0 Å². The van der Waals surface area contributed by atoms with Gasteiger partial charge in [-0.05, 0) is 48.7 Å². The van der Waals surface area contributed by atoms with Crippen LogP contribution >= 0.6 is 0 Å². The number of hydrogen-bond donors (Lipinski definition) is 3. The summed E-state index contributed by atoms with van der Waals surface area (Å²) in [6, 6.07) is 14.0. The minimum Gasteiger partial charge on any atom is -0.381 e. The van der Waals surface area contributed by atoms with Gasteiger partial charge in [0.1, 0.15) is 12.1 Å². The van der Waals surface area contributed by atoms with Gasteiger partial charge < -0.3 is 10.6 Å². The molecule has 1 heterocycles. The number of aromatic nitrogens is 2. The molecule has 0 saturated heterocycles. The first kappa shape index (κ1) is 16.8. The summed E-state index contributed by atoms with van der Waals surface area (Å²) in [5, 5.41) is 7.83. The fourth-order valence-electron chi connectivity index (χ4n) is 2.80. The van der Waals surface area contributed by atoms with Gasteiger partial charge in [0.2, 0.25) is 0 Å². The maximum atomic E-state index is 11.9. The third-order valence-electron chi connectivity index (χ3n) is 4.40. The van der Waals surface area contributed by atoms with Crippen LogP contribution in [-0.2, 0) is 16.3 Å². The number of nitrogens with one attached hydrogen (secondary N) is 3. The van der Waals surface area contributed by atoms with Gasteiger partial charge in [-0.1, -0.05) is 12.1 Å². The summed E-state index contributed by atoms with van der Waals surface area (Å²) in [4.78, 5) is 9.29. The minimum absolute atomic E-state index is 0.545. The summed E-state index contributed by atoms with van der Waals surface area (Å²) in [7, 11) is -2.70. The van der Waals surface area contributed by atoms with Crippen LogP contribution in [0.5, 0.6) is 0 Å². The molecular weight excluding hydrogens is 346 g/mol. The Labute approximate surface area is 153 Å². The molecule has 1 aliphatic carbocycles. The Morgan fingerprint density at radius 1 is 1.19 bits per heavy atom. The Hall–Kier alpha value is -2.67. The van der Waals surface area contributed by atoms with Gasteiger partial charge in [-0.3, -0.25) is 0 Å². The largest absolute Gasteiger partial charge is 0.381 e. The van der Waals surface area contributed by atoms with Crippen LogP contribution in [0.4, 0.5) is 11.5 Å². The fourth-order valence-corrected chi connectivity index (χ4v) is 3.52. The Bertz CT molecular complexity index is 1060. The van der Waals surface area contributed by atoms with Crippen LogP contribution < -0.4 is 10.6 Å². The van der Waals surface area contributed by atoms with Gasteiger partial charge in [-0.2, -0.15) is 0 Å². The van der Waals surface area contributed by atoms with Crippen LogP contribution in [0, 0.1) is 4.78 Å². The molecule has 7 heteroatoms. The molecule has 1 fully saturated rings. The van der Waals surface area contributed by atoms with E-state index < -0.39 is 9.73 Å². The monoisotopic (exact) mass is 367 g/mol. The van der Waals surface area contributed by atoms with Crippen LogP contribution in [0.1, 0.15) is 18.4 Å². The van der Waals surface area contributed by atoms with Crippen molar-refractivity contribution in [1.82, 2.24) is 9.97 Å². The first-order valence-electron chi connectivity index (χ1n) is 8.57. The standard InChI is InChI=1S/C19H21N5OS/c1-26(20,25)16-4-2-3-13(9-16)11-21-15-7-8-17-18(10-15)22-12-23-19(17)24-14-5-6-14/h2-4,7-10,12,14,20-21H,5-6,11H2,1H3,(H,22,23,24). The smallest absolute Gasteiger partial charge is 0.137 e. The zero-order chi connectivity index (χ0) is 18.1. The molecule has 0 amide bonds.